The van der Waals surface area contributed by atoms with Gasteiger partial charge >= 0.3 is 0 Å². The van der Waals surface area contributed by atoms with Crippen LogP contribution in [0.1, 0.15) is 32.6 Å². The van der Waals surface area contributed by atoms with Crippen LogP contribution in [0.2, 0.25) is 0 Å². The zero-order chi connectivity index (χ0) is 13.7. The van der Waals surface area contributed by atoms with E-state index in [-0.39, 0.29) is 17.5 Å². The second-order valence-corrected chi connectivity index (χ2v) is 5.35. The molecule has 0 aliphatic carbocycles. The standard InChI is InChI=1S/C15H23FN2O/c1-2-3-14-10-15(11-17,8-9-19-14)18-13-6-4-12(16)5-7-13/h4-7,14,18H,2-3,8-11,17H2,1H3. The van der Waals surface area contributed by atoms with E-state index >= 15 is 0 Å². The molecule has 0 bridgehead atoms. The van der Waals surface area contributed by atoms with Gasteiger partial charge < -0.3 is 15.8 Å². The lowest BCUT2D eigenvalue weighted by molar-refractivity contribution is -0.0155. The van der Waals surface area contributed by atoms with Crippen LogP contribution in [0, 0.1) is 5.82 Å². The Balaban J connectivity index is 2.06. The van der Waals surface area contributed by atoms with Crippen LogP contribution in [-0.2, 0) is 4.74 Å². The number of hydrogen-bond acceptors (Lipinski definition) is 3. The summed E-state index contributed by atoms with van der Waals surface area (Å²) in [4.78, 5) is 0. The molecule has 0 radical (unpaired) electrons. The third kappa shape index (κ3) is 3.67. The second-order valence-electron chi connectivity index (χ2n) is 5.35. The lowest BCUT2D eigenvalue weighted by Crippen LogP contribution is -2.52. The van der Waals surface area contributed by atoms with Crippen LogP contribution >= 0.6 is 0 Å². The summed E-state index contributed by atoms with van der Waals surface area (Å²) in [5.41, 5.74) is 6.77. The molecule has 1 aliphatic heterocycles. The molecule has 1 fully saturated rings. The van der Waals surface area contributed by atoms with Crippen LogP contribution in [-0.4, -0.2) is 24.8 Å². The molecule has 106 valence electrons. The Morgan fingerprint density at radius 2 is 2.16 bits per heavy atom. The fourth-order valence-electron chi connectivity index (χ4n) is 2.71. The highest BCUT2D eigenvalue weighted by molar-refractivity contribution is 5.45. The Bertz CT molecular complexity index is 394. The lowest BCUT2D eigenvalue weighted by atomic mass is 9.85. The summed E-state index contributed by atoms with van der Waals surface area (Å²) in [5.74, 6) is -0.219. The molecule has 3 N–H and O–H groups in total. The Morgan fingerprint density at radius 3 is 2.79 bits per heavy atom. The largest absolute Gasteiger partial charge is 0.378 e. The Hall–Kier alpha value is -1.13. The summed E-state index contributed by atoms with van der Waals surface area (Å²) < 4.78 is 18.7. The van der Waals surface area contributed by atoms with Crippen molar-refractivity contribution in [2.24, 2.45) is 5.73 Å². The molecule has 2 unspecified atom stereocenters. The van der Waals surface area contributed by atoms with Gasteiger partial charge in [-0.2, -0.15) is 0 Å². The molecule has 0 amide bonds. The van der Waals surface area contributed by atoms with Gasteiger partial charge in [-0.25, -0.2) is 4.39 Å². The van der Waals surface area contributed by atoms with E-state index in [9.17, 15) is 4.39 Å². The van der Waals surface area contributed by atoms with Crippen molar-refractivity contribution in [1.82, 2.24) is 0 Å². The van der Waals surface area contributed by atoms with Crippen LogP contribution in [0.4, 0.5) is 10.1 Å². The van der Waals surface area contributed by atoms with E-state index in [2.05, 4.69) is 12.2 Å². The number of hydrogen-bond donors (Lipinski definition) is 2. The third-order valence-electron chi connectivity index (χ3n) is 3.81. The smallest absolute Gasteiger partial charge is 0.123 e. The number of halogens is 1. The van der Waals surface area contributed by atoms with Crippen molar-refractivity contribution in [1.29, 1.82) is 0 Å². The number of ether oxygens (including phenoxy) is 1. The maximum atomic E-state index is 12.9. The van der Waals surface area contributed by atoms with Crippen molar-refractivity contribution in [3.8, 4) is 0 Å². The van der Waals surface area contributed by atoms with Gasteiger partial charge in [0.15, 0.2) is 0 Å². The number of nitrogens with one attached hydrogen (secondary N) is 1. The topological polar surface area (TPSA) is 47.3 Å². The van der Waals surface area contributed by atoms with Gasteiger partial charge in [-0.1, -0.05) is 13.3 Å². The summed E-state index contributed by atoms with van der Waals surface area (Å²) in [6, 6.07) is 6.46. The van der Waals surface area contributed by atoms with E-state index in [4.69, 9.17) is 10.5 Å². The molecule has 3 nitrogen and oxygen atoms in total. The normalized spacial score (nSPS) is 27.2. The highest BCUT2D eigenvalue weighted by atomic mass is 19.1. The van der Waals surface area contributed by atoms with E-state index in [0.717, 1.165) is 38.0 Å². The molecule has 2 rings (SSSR count). The van der Waals surface area contributed by atoms with E-state index in [0.29, 0.717) is 6.54 Å². The summed E-state index contributed by atoms with van der Waals surface area (Å²) in [6.07, 6.45) is 4.25. The predicted molar refractivity (Wildman–Crippen MR) is 75.7 cm³/mol. The van der Waals surface area contributed by atoms with Crippen molar-refractivity contribution in [3.63, 3.8) is 0 Å². The first-order chi connectivity index (χ1) is 9.17. The molecule has 1 aliphatic rings. The van der Waals surface area contributed by atoms with Crippen molar-refractivity contribution in [2.75, 3.05) is 18.5 Å². The quantitative estimate of drug-likeness (QED) is 0.861. The van der Waals surface area contributed by atoms with E-state index < -0.39 is 0 Å². The fourth-order valence-corrected chi connectivity index (χ4v) is 2.71. The average molecular weight is 266 g/mol. The number of benzene rings is 1. The van der Waals surface area contributed by atoms with E-state index in [1.54, 1.807) is 12.1 Å². The number of rotatable bonds is 5. The Morgan fingerprint density at radius 1 is 1.42 bits per heavy atom. The molecule has 0 aromatic heterocycles. The summed E-state index contributed by atoms with van der Waals surface area (Å²) in [6.45, 7) is 3.46. The zero-order valence-electron chi connectivity index (χ0n) is 11.5. The van der Waals surface area contributed by atoms with Gasteiger partial charge in [0.25, 0.3) is 0 Å². The molecule has 1 saturated heterocycles. The molecule has 1 heterocycles. The SMILES string of the molecule is CCCC1CC(CN)(Nc2ccc(F)cc2)CCO1. The molecular weight excluding hydrogens is 243 g/mol. The molecule has 1 aromatic carbocycles. The Labute approximate surface area is 114 Å². The van der Waals surface area contributed by atoms with Crippen LogP contribution in [0.25, 0.3) is 0 Å². The molecule has 4 heteroatoms. The first-order valence-corrected chi connectivity index (χ1v) is 7.03. The maximum absolute atomic E-state index is 12.9. The highest BCUT2D eigenvalue weighted by Gasteiger charge is 2.35. The van der Waals surface area contributed by atoms with Crippen LogP contribution in [0.5, 0.6) is 0 Å². The zero-order valence-corrected chi connectivity index (χ0v) is 11.5. The minimum Gasteiger partial charge on any atom is -0.378 e. The molecule has 2 atom stereocenters. The molecule has 0 spiro atoms. The first kappa shape index (κ1) is 14.3. The number of anilines is 1. The van der Waals surface area contributed by atoms with Crippen molar-refractivity contribution < 1.29 is 9.13 Å². The van der Waals surface area contributed by atoms with Gasteiger partial charge in [0.1, 0.15) is 5.82 Å². The fraction of sp³-hybridized carbons (Fsp3) is 0.600. The van der Waals surface area contributed by atoms with E-state index in [1.807, 2.05) is 0 Å². The van der Waals surface area contributed by atoms with Gasteiger partial charge in [0.05, 0.1) is 11.6 Å². The average Bonchev–Trinajstić information content (AvgIpc) is 2.42. The lowest BCUT2D eigenvalue weighted by Gasteiger charge is -2.41. The van der Waals surface area contributed by atoms with Crippen molar-refractivity contribution in [3.05, 3.63) is 30.1 Å². The summed E-state index contributed by atoms with van der Waals surface area (Å²) >= 11 is 0. The Kier molecular flexibility index (Phi) is 4.77. The van der Waals surface area contributed by atoms with Gasteiger partial charge in [-0.3, -0.25) is 0 Å². The summed E-state index contributed by atoms with van der Waals surface area (Å²) in [5, 5.41) is 3.49. The number of nitrogens with two attached hydrogens (primary N) is 1. The molecule has 0 saturated carbocycles. The monoisotopic (exact) mass is 266 g/mol. The maximum Gasteiger partial charge on any atom is 0.123 e. The minimum absolute atomic E-state index is 0.129. The van der Waals surface area contributed by atoms with Gasteiger partial charge in [-0.05, 0) is 43.5 Å². The first-order valence-electron chi connectivity index (χ1n) is 7.03. The van der Waals surface area contributed by atoms with Crippen LogP contribution in [0.3, 0.4) is 0 Å². The van der Waals surface area contributed by atoms with Crippen LogP contribution < -0.4 is 11.1 Å². The van der Waals surface area contributed by atoms with Gasteiger partial charge in [0.2, 0.25) is 0 Å². The van der Waals surface area contributed by atoms with E-state index in [1.165, 1.54) is 12.1 Å². The highest BCUT2D eigenvalue weighted by Crippen LogP contribution is 2.30. The molecular formula is C15H23FN2O. The van der Waals surface area contributed by atoms with Gasteiger partial charge in [-0.15, -0.1) is 0 Å². The van der Waals surface area contributed by atoms with Crippen LogP contribution in [0.15, 0.2) is 24.3 Å². The van der Waals surface area contributed by atoms with Crippen molar-refractivity contribution >= 4 is 5.69 Å². The minimum atomic E-state index is -0.219. The predicted octanol–water partition coefficient (Wildman–Crippen LogP) is 2.91. The van der Waals surface area contributed by atoms with Crippen molar-refractivity contribution in [2.45, 2.75) is 44.2 Å². The second kappa shape index (κ2) is 6.35. The molecule has 19 heavy (non-hydrogen) atoms. The summed E-state index contributed by atoms with van der Waals surface area (Å²) in [7, 11) is 0. The van der Waals surface area contributed by atoms with Gasteiger partial charge in [0, 0.05) is 18.8 Å². The third-order valence-corrected chi connectivity index (χ3v) is 3.81. The molecule has 1 aromatic rings.